The van der Waals surface area contributed by atoms with E-state index in [0.717, 1.165) is 34.1 Å². The molecule has 34 heavy (non-hydrogen) atoms. The molecular formula is C29H30N2O3. The number of fused-ring (bicyclic) bond motifs is 5. The molecule has 0 unspecified atom stereocenters. The van der Waals surface area contributed by atoms with Crippen molar-refractivity contribution in [3.63, 3.8) is 0 Å². The second kappa shape index (κ2) is 6.84. The summed E-state index contributed by atoms with van der Waals surface area (Å²) in [7, 11) is 2.06. The summed E-state index contributed by atoms with van der Waals surface area (Å²) in [6.07, 6.45) is 5.23. The molecule has 5 nitrogen and oxygen atoms in total. The first-order chi connectivity index (χ1) is 16.2. The minimum Gasteiger partial charge on any atom is -0.464 e. The predicted molar refractivity (Wildman–Crippen MR) is 132 cm³/mol. The van der Waals surface area contributed by atoms with Gasteiger partial charge in [-0.2, -0.15) is 0 Å². The van der Waals surface area contributed by atoms with E-state index in [1.54, 1.807) is 4.90 Å². The van der Waals surface area contributed by atoms with Crippen LogP contribution in [0, 0.1) is 16.2 Å². The molecule has 2 fully saturated rings. The predicted octanol–water partition coefficient (Wildman–Crippen LogP) is 5.45. The normalized spacial score (nSPS) is 29.2. The smallest absolute Gasteiger partial charge is 0.322 e. The Morgan fingerprint density at radius 2 is 1.71 bits per heavy atom. The summed E-state index contributed by atoms with van der Waals surface area (Å²) in [5, 5.41) is 1.16. The average Bonchev–Trinajstić information content (AvgIpc) is 3.18. The standard InChI is InChI=1S/C29H30N2O3/c1-27(2)28(3)15-16-29(27,26(33)34-18-28)25(32)31-17-14-21-20-12-8-9-13-22(20)30(4)24(21)23(31)19-10-6-5-7-11-19/h5-14,17,23H,15-16,18H2,1-4H3/t23-,28-,29-/m0/s1. The summed E-state index contributed by atoms with van der Waals surface area (Å²) >= 11 is 0. The highest BCUT2D eigenvalue weighted by atomic mass is 16.5. The number of carbonyl (C=O) groups excluding carboxylic acids is 2. The van der Waals surface area contributed by atoms with E-state index < -0.39 is 10.8 Å². The number of esters is 1. The van der Waals surface area contributed by atoms with Gasteiger partial charge < -0.3 is 14.2 Å². The topological polar surface area (TPSA) is 51.5 Å². The van der Waals surface area contributed by atoms with Gasteiger partial charge in [-0.05, 0) is 36.0 Å². The largest absolute Gasteiger partial charge is 0.464 e. The van der Waals surface area contributed by atoms with Crippen molar-refractivity contribution in [3.8, 4) is 0 Å². The molecule has 5 heteroatoms. The molecule has 1 aromatic heterocycles. The summed E-state index contributed by atoms with van der Waals surface area (Å²) in [5.41, 5.74) is 2.39. The van der Waals surface area contributed by atoms with E-state index in [9.17, 15) is 9.59 Å². The SMILES string of the molecule is Cn1c2c(c3ccccc31)C=CN(C(=O)[C@@]13CC[C@@](C)(COC1=O)C3(C)C)[C@H]2c1ccccc1. The first-order valence-corrected chi connectivity index (χ1v) is 12.0. The van der Waals surface area contributed by atoms with E-state index >= 15 is 0 Å². The van der Waals surface area contributed by atoms with Crippen LogP contribution in [0.15, 0.2) is 60.8 Å². The van der Waals surface area contributed by atoms with Crippen LogP contribution in [0.4, 0.5) is 0 Å². The monoisotopic (exact) mass is 454 g/mol. The number of rotatable bonds is 2. The average molecular weight is 455 g/mol. The Balaban J connectivity index is 1.56. The van der Waals surface area contributed by atoms with Crippen LogP contribution in [-0.2, 0) is 21.4 Å². The van der Waals surface area contributed by atoms with Crippen molar-refractivity contribution >= 4 is 28.9 Å². The van der Waals surface area contributed by atoms with Crippen molar-refractivity contribution in [2.45, 2.75) is 39.7 Å². The number of hydrogen-bond donors (Lipinski definition) is 0. The number of nitrogens with zero attached hydrogens (tertiary/aromatic N) is 2. The Morgan fingerprint density at radius 1 is 1.00 bits per heavy atom. The molecule has 6 rings (SSSR count). The fraction of sp³-hybridized carbons (Fsp3) is 0.379. The molecule has 1 amide bonds. The number of amides is 1. The molecule has 1 saturated carbocycles. The van der Waals surface area contributed by atoms with Crippen LogP contribution in [-0.4, -0.2) is 28.0 Å². The van der Waals surface area contributed by atoms with Crippen LogP contribution in [0.5, 0.6) is 0 Å². The lowest BCUT2D eigenvalue weighted by atomic mass is 9.57. The molecule has 2 bridgehead atoms. The van der Waals surface area contributed by atoms with Gasteiger partial charge in [-0.25, -0.2) is 0 Å². The zero-order valence-electron chi connectivity index (χ0n) is 20.2. The second-order valence-electron chi connectivity index (χ2n) is 10.9. The van der Waals surface area contributed by atoms with Crippen LogP contribution >= 0.6 is 0 Å². The molecule has 2 aromatic carbocycles. The molecule has 2 aliphatic heterocycles. The van der Waals surface area contributed by atoms with Gasteiger partial charge in [0.2, 0.25) is 5.91 Å². The highest BCUT2D eigenvalue weighted by Crippen LogP contribution is 2.66. The number of hydrogen-bond acceptors (Lipinski definition) is 3. The highest BCUT2D eigenvalue weighted by molar-refractivity contribution is 6.06. The number of carbonyl (C=O) groups is 2. The molecule has 1 aliphatic carbocycles. The molecule has 1 saturated heterocycles. The maximum absolute atomic E-state index is 14.6. The zero-order chi connectivity index (χ0) is 23.9. The van der Waals surface area contributed by atoms with Crippen molar-refractivity contribution in [1.82, 2.24) is 9.47 Å². The van der Waals surface area contributed by atoms with Gasteiger partial charge in [0.25, 0.3) is 0 Å². The number of aromatic nitrogens is 1. The molecular weight excluding hydrogens is 424 g/mol. The van der Waals surface area contributed by atoms with Crippen molar-refractivity contribution in [3.05, 3.63) is 77.6 Å². The number of aryl methyl sites for hydroxylation is 1. The Hall–Kier alpha value is -3.34. The summed E-state index contributed by atoms with van der Waals surface area (Å²) in [6.45, 7) is 6.67. The lowest BCUT2D eigenvalue weighted by Gasteiger charge is -2.51. The van der Waals surface area contributed by atoms with Gasteiger partial charge in [0.05, 0.1) is 12.3 Å². The van der Waals surface area contributed by atoms with Crippen LogP contribution in [0.1, 0.15) is 56.5 Å². The molecule has 3 heterocycles. The van der Waals surface area contributed by atoms with Crippen LogP contribution in [0.25, 0.3) is 17.0 Å². The molecule has 3 aliphatic rings. The first-order valence-electron chi connectivity index (χ1n) is 12.0. The minimum absolute atomic E-state index is 0.160. The third-order valence-electron chi connectivity index (χ3n) is 9.34. The molecule has 0 radical (unpaired) electrons. The Labute approximate surface area is 200 Å². The molecule has 0 N–H and O–H groups in total. The number of cyclic esters (lactones) is 1. The number of para-hydroxylation sites is 1. The van der Waals surface area contributed by atoms with E-state index in [1.165, 1.54) is 0 Å². The molecule has 3 atom stereocenters. The quantitative estimate of drug-likeness (QED) is 0.382. The number of ether oxygens (including phenoxy) is 1. The molecule has 0 spiro atoms. The summed E-state index contributed by atoms with van der Waals surface area (Å²) in [4.78, 5) is 29.8. The van der Waals surface area contributed by atoms with E-state index in [0.29, 0.717) is 13.0 Å². The van der Waals surface area contributed by atoms with Gasteiger partial charge in [-0.1, -0.05) is 69.3 Å². The third-order valence-corrected chi connectivity index (χ3v) is 9.34. The lowest BCUT2D eigenvalue weighted by Crippen LogP contribution is -2.61. The Bertz CT molecular complexity index is 1370. The summed E-state index contributed by atoms with van der Waals surface area (Å²) < 4.78 is 7.87. The van der Waals surface area contributed by atoms with Gasteiger partial charge in [0, 0.05) is 35.1 Å². The van der Waals surface area contributed by atoms with Crippen LogP contribution in [0.3, 0.4) is 0 Å². The highest BCUT2D eigenvalue weighted by Gasteiger charge is 2.72. The van der Waals surface area contributed by atoms with E-state index in [4.69, 9.17) is 4.74 Å². The lowest BCUT2D eigenvalue weighted by molar-refractivity contribution is -0.193. The first kappa shape index (κ1) is 21.2. The summed E-state index contributed by atoms with van der Waals surface area (Å²) in [6, 6.07) is 18.1. The van der Waals surface area contributed by atoms with Gasteiger partial charge in [-0.3, -0.25) is 9.59 Å². The van der Waals surface area contributed by atoms with Crippen molar-refractivity contribution < 1.29 is 14.3 Å². The van der Waals surface area contributed by atoms with Crippen molar-refractivity contribution in [2.75, 3.05) is 6.61 Å². The zero-order valence-corrected chi connectivity index (χ0v) is 20.2. The Kier molecular flexibility index (Phi) is 4.27. The van der Waals surface area contributed by atoms with Crippen LogP contribution in [0.2, 0.25) is 0 Å². The Morgan fingerprint density at radius 3 is 2.47 bits per heavy atom. The van der Waals surface area contributed by atoms with E-state index in [1.807, 2.05) is 42.6 Å². The van der Waals surface area contributed by atoms with Gasteiger partial charge >= 0.3 is 5.97 Å². The maximum atomic E-state index is 14.6. The maximum Gasteiger partial charge on any atom is 0.322 e. The van der Waals surface area contributed by atoms with Crippen molar-refractivity contribution in [1.29, 1.82) is 0 Å². The number of benzene rings is 2. The van der Waals surface area contributed by atoms with Crippen LogP contribution < -0.4 is 0 Å². The third kappa shape index (κ3) is 2.40. The fourth-order valence-electron chi connectivity index (χ4n) is 6.70. The van der Waals surface area contributed by atoms with E-state index in [2.05, 4.69) is 56.7 Å². The van der Waals surface area contributed by atoms with E-state index in [-0.39, 0.29) is 23.3 Å². The summed E-state index contributed by atoms with van der Waals surface area (Å²) in [5.74, 6) is -0.535. The molecule has 3 aromatic rings. The van der Waals surface area contributed by atoms with Gasteiger partial charge in [-0.15, -0.1) is 0 Å². The minimum atomic E-state index is -1.19. The van der Waals surface area contributed by atoms with Crippen molar-refractivity contribution in [2.24, 2.45) is 23.3 Å². The fourth-order valence-corrected chi connectivity index (χ4v) is 6.70. The molecule has 174 valence electrons. The van der Waals surface area contributed by atoms with Gasteiger partial charge in [0.15, 0.2) is 5.41 Å². The van der Waals surface area contributed by atoms with Gasteiger partial charge in [0.1, 0.15) is 6.04 Å². The second-order valence-corrected chi connectivity index (χ2v) is 10.9.